The summed E-state index contributed by atoms with van der Waals surface area (Å²) in [7, 11) is 0. The van der Waals surface area contributed by atoms with Gasteiger partial charge in [-0.2, -0.15) is 15.0 Å². The van der Waals surface area contributed by atoms with Gasteiger partial charge in [0.25, 0.3) is 0 Å². The van der Waals surface area contributed by atoms with Gasteiger partial charge in [0.1, 0.15) is 5.75 Å². The second-order valence-electron chi connectivity index (χ2n) is 4.65. The molecule has 1 saturated heterocycles. The lowest BCUT2D eigenvalue weighted by atomic mass is 10.3. The molecule has 0 atom stereocenters. The van der Waals surface area contributed by atoms with Crippen molar-refractivity contribution in [2.45, 2.75) is 12.8 Å². The van der Waals surface area contributed by atoms with E-state index in [1.807, 2.05) is 0 Å². The molecule has 0 saturated carbocycles. The number of hydrogen-bond acceptors (Lipinski definition) is 6. The van der Waals surface area contributed by atoms with Crippen LogP contribution in [0, 0.1) is 0 Å². The predicted octanol–water partition coefficient (Wildman–Crippen LogP) is 3.26. The molecule has 2 heterocycles. The molecule has 2 N–H and O–H groups in total. The Labute approximate surface area is 135 Å². The molecule has 0 aliphatic carbocycles. The highest BCUT2D eigenvalue weighted by Crippen LogP contribution is 2.31. The predicted molar refractivity (Wildman–Crippen MR) is 84.9 cm³/mol. The maximum absolute atomic E-state index is 5.90. The van der Waals surface area contributed by atoms with E-state index in [2.05, 4.69) is 35.8 Å². The molecule has 1 fully saturated rings. The van der Waals surface area contributed by atoms with Gasteiger partial charge in [0.05, 0.1) is 4.47 Å². The fourth-order valence-electron chi connectivity index (χ4n) is 2.12. The number of halogens is 2. The average molecular weight is 371 g/mol. The van der Waals surface area contributed by atoms with Crippen LogP contribution in [0.3, 0.4) is 0 Å². The quantitative estimate of drug-likeness (QED) is 0.893. The van der Waals surface area contributed by atoms with Crippen LogP contribution in [0.2, 0.25) is 5.02 Å². The van der Waals surface area contributed by atoms with Gasteiger partial charge in [-0.15, -0.1) is 0 Å². The molecule has 1 aromatic heterocycles. The molecule has 0 bridgehead atoms. The van der Waals surface area contributed by atoms with Crippen molar-refractivity contribution >= 4 is 39.4 Å². The Kier molecular flexibility index (Phi) is 4.12. The van der Waals surface area contributed by atoms with Gasteiger partial charge >= 0.3 is 6.01 Å². The van der Waals surface area contributed by atoms with Gasteiger partial charge in [0, 0.05) is 18.1 Å². The summed E-state index contributed by atoms with van der Waals surface area (Å²) in [6, 6.07) is 5.38. The van der Waals surface area contributed by atoms with Crippen molar-refractivity contribution in [3.63, 3.8) is 0 Å². The summed E-state index contributed by atoms with van der Waals surface area (Å²) in [6.45, 7) is 1.85. The molecule has 3 rings (SSSR count). The van der Waals surface area contributed by atoms with Crippen LogP contribution in [0.25, 0.3) is 0 Å². The SMILES string of the molecule is Nc1nc(Oc2ccc(Cl)cc2Br)nc(N2CCCC2)n1. The third-order valence-electron chi connectivity index (χ3n) is 3.10. The van der Waals surface area contributed by atoms with Crippen molar-refractivity contribution < 1.29 is 4.74 Å². The first-order valence-corrected chi connectivity index (χ1v) is 7.68. The van der Waals surface area contributed by atoms with Crippen molar-refractivity contribution in [1.82, 2.24) is 15.0 Å². The van der Waals surface area contributed by atoms with Crippen LogP contribution in [-0.4, -0.2) is 28.0 Å². The molecule has 0 amide bonds. The summed E-state index contributed by atoms with van der Waals surface area (Å²) < 4.78 is 6.39. The van der Waals surface area contributed by atoms with E-state index in [1.165, 1.54) is 0 Å². The maximum atomic E-state index is 5.90. The molecule has 1 aliphatic heterocycles. The highest BCUT2D eigenvalue weighted by Gasteiger charge is 2.17. The van der Waals surface area contributed by atoms with E-state index in [4.69, 9.17) is 22.1 Å². The zero-order valence-corrected chi connectivity index (χ0v) is 13.4. The van der Waals surface area contributed by atoms with Gasteiger partial charge in [-0.05, 0) is 47.0 Å². The monoisotopic (exact) mass is 369 g/mol. The lowest BCUT2D eigenvalue weighted by molar-refractivity contribution is 0.438. The lowest BCUT2D eigenvalue weighted by Gasteiger charge is -2.15. The van der Waals surface area contributed by atoms with Crippen molar-refractivity contribution in [3.05, 3.63) is 27.7 Å². The minimum absolute atomic E-state index is 0.145. The lowest BCUT2D eigenvalue weighted by Crippen LogP contribution is -2.21. The highest BCUT2D eigenvalue weighted by molar-refractivity contribution is 9.10. The molecule has 21 heavy (non-hydrogen) atoms. The molecule has 0 unspecified atom stereocenters. The first-order chi connectivity index (χ1) is 10.1. The van der Waals surface area contributed by atoms with E-state index < -0.39 is 0 Å². The third kappa shape index (κ3) is 3.36. The molecule has 0 spiro atoms. The Bertz CT molecular complexity index is 663. The summed E-state index contributed by atoms with van der Waals surface area (Å²) in [6.07, 6.45) is 2.26. The Morgan fingerprint density at radius 3 is 2.67 bits per heavy atom. The number of benzene rings is 1. The van der Waals surface area contributed by atoms with Crippen LogP contribution >= 0.6 is 27.5 Å². The van der Waals surface area contributed by atoms with E-state index in [9.17, 15) is 0 Å². The summed E-state index contributed by atoms with van der Waals surface area (Å²) in [4.78, 5) is 14.6. The summed E-state index contributed by atoms with van der Waals surface area (Å²) in [5, 5.41) is 0.613. The van der Waals surface area contributed by atoms with Crippen molar-refractivity contribution in [2.24, 2.45) is 0 Å². The number of aromatic nitrogens is 3. The Hall–Kier alpha value is -1.60. The fourth-order valence-corrected chi connectivity index (χ4v) is 2.89. The third-order valence-corrected chi connectivity index (χ3v) is 3.96. The summed E-state index contributed by atoms with van der Waals surface area (Å²) >= 11 is 9.29. The molecule has 2 aromatic rings. The van der Waals surface area contributed by atoms with Crippen LogP contribution in [0.4, 0.5) is 11.9 Å². The minimum Gasteiger partial charge on any atom is -0.423 e. The average Bonchev–Trinajstić information content (AvgIpc) is 2.95. The largest absolute Gasteiger partial charge is 0.423 e. The van der Waals surface area contributed by atoms with Crippen LogP contribution in [0.1, 0.15) is 12.8 Å². The standard InChI is InChI=1S/C13H13BrClN5O/c14-9-7-8(15)3-4-10(9)21-13-18-11(16)17-12(19-13)20-5-1-2-6-20/h3-4,7H,1-2,5-6H2,(H2,16,17,18,19). The Morgan fingerprint density at radius 1 is 1.19 bits per heavy atom. The molecule has 8 heteroatoms. The Balaban J connectivity index is 1.87. The van der Waals surface area contributed by atoms with Gasteiger partial charge in [-0.25, -0.2) is 0 Å². The number of anilines is 2. The van der Waals surface area contributed by atoms with Crippen LogP contribution < -0.4 is 15.4 Å². The fraction of sp³-hybridized carbons (Fsp3) is 0.308. The normalized spacial score (nSPS) is 14.5. The van der Waals surface area contributed by atoms with Gasteiger partial charge in [0.2, 0.25) is 11.9 Å². The second-order valence-corrected chi connectivity index (χ2v) is 5.94. The Morgan fingerprint density at radius 2 is 1.95 bits per heavy atom. The second kappa shape index (κ2) is 6.03. The zero-order chi connectivity index (χ0) is 14.8. The van der Waals surface area contributed by atoms with Crippen LogP contribution in [0.15, 0.2) is 22.7 Å². The van der Waals surface area contributed by atoms with E-state index in [1.54, 1.807) is 18.2 Å². The number of nitrogens with two attached hydrogens (primary N) is 1. The first kappa shape index (κ1) is 14.3. The number of nitrogen functional groups attached to an aromatic ring is 1. The summed E-state index contributed by atoms with van der Waals surface area (Å²) in [5.41, 5.74) is 5.74. The van der Waals surface area contributed by atoms with Gasteiger partial charge in [-0.1, -0.05) is 11.6 Å². The molecule has 1 aliphatic rings. The number of hydrogen-bond donors (Lipinski definition) is 1. The molecular weight excluding hydrogens is 358 g/mol. The van der Waals surface area contributed by atoms with Gasteiger partial charge in [-0.3, -0.25) is 0 Å². The van der Waals surface area contributed by atoms with E-state index in [0.717, 1.165) is 30.4 Å². The van der Waals surface area contributed by atoms with Crippen LogP contribution in [0.5, 0.6) is 11.8 Å². The van der Waals surface area contributed by atoms with E-state index in [0.29, 0.717) is 16.7 Å². The zero-order valence-electron chi connectivity index (χ0n) is 11.1. The van der Waals surface area contributed by atoms with Gasteiger partial charge in [0.15, 0.2) is 0 Å². The van der Waals surface area contributed by atoms with Crippen molar-refractivity contribution in [3.8, 4) is 11.8 Å². The minimum atomic E-state index is 0.145. The first-order valence-electron chi connectivity index (χ1n) is 6.51. The van der Waals surface area contributed by atoms with E-state index in [-0.39, 0.29) is 12.0 Å². The number of ether oxygens (including phenoxy) is 1. The van der Waals surface area contributed by atoms with Crippen LogP contribution in [-0.2, 0) is 0 Å². The molecule has 1 aromatic carbocycles. The molecular formula is C13H13BrClN5O. The smallest absolute Gasteiger partial charge is 0.328 e. The van der Waals surface area contributed by atoms with Crippen molar-refractivity contribution in [2.75, 3.05) is 23.7 Å². The highest BCUT2D eigenvalue weighted by atomic mass is 79.9. The molecule has 6 nitrogen and oxygen atoms in total. The van der Waals surface area contributed by atoms with E-state index >= 15 is 0 Å². The summed E-state index contributed by atoms with van der Waals surface area (Å²) in [5.74, 6) is 1.27. The van der Waals surface area contributed by atoms with Gasteiger partial charge < -0.3 is 15.4 Å². The van der Waals surface area contributed by atoms with Crippen molar-refractivity contribution in [1.29, 1.82) is 0 Å². The molecule has 110 valence electrons. The maximum Gasteiger partial charge on any atom is 0.328 e. The number of rotatable bonds is 3. The number of nitrogens with zero attached hydrogens (tertiary/aromatic N) is 4. The topological polar surface area (TPSA) is 77.2 Å². The molecule has 0 radical (unpaired) electrons.